The molecule has 0 spiro atoms. The van der Waals surface area contributed by atoms with Crippen LogP contribution in [0.1, 0.15) is 37.5 Å². The lowest BCUT2D eigenvalue weighted by Gasteiger charge is -2.15. The monoisotopic (exact) mass is 520 g/mol. The minimum absolute atomic E-state index is 0.0560. The molecular formula is C26H20N2O8S. The van der Waals surface area contributed by atoms with Crippen LogP contribution >= 0.6 is 11.8 Å². The topological polar surface area (TPSA) is 140 Å². The number of aromatic nitrogens is 1. The zero-order valence-corrected chi connectivity index (χ0v) is 20.3. The number of imide groups is 1. The molecule has 1 aliphatic rings. The molecule has 0 aliphatic carbocycles. The maximum atomic E-state index is 12.9. The van der Waals surface area contributed by atoms with Crippen LogP contribution in [0, 0.1) is 0 Å². The van der Waals surface area contributed by atoms with E-state index in [4.69, 9.17) is 9.47 Å². The van der Waals surface area contributed by atoms with Crippen molar-refractivity contribution in [3.05, 3.63) is 83.6 Å². The molecule has 0 radical (unpaired) electrons. The highest BCUT2D eigenvalue weighted by atomic mass is 32.2. The number of Topliss-reactive ketones (excluding diaryl/α,β-unsaturated/α-hetero) is 1. The first-order valence-electron chi connectivity index (χ1n) is 10.9. The minimum Gasteiger partial charge on any atom is -0.497 e. The van der Waals surface area contributed by atoms with Crippen molar-refractivity contribution < 1.29 is 38.6 Å². The van der Waals surface area contributed by atoms with Crippen LogP contribution in [0.3, 0.4) is 0 Å². The Bertz CT molecular complexity index is 1370. The van der Waals surface area contributed by atoms with E-state index < -0.39 is 35.6 Å². The van der Waals surface area contributed by atoms with Crippen LogP contribution in [0.2, 0.25) is 0 Å². The molecule has 1 aromatic heterocycles. The molecule has 2 aromatic carbocycles. The Balaban J connectivity index is 1.39. The second kappa shape index (κ2) is 11.0. The van der Waals surface area contributed by atoms with Crippen molar-refractivity contribution in [1.82, 2.24) is 4.98 Å². The Labute approximate surface area is 215 Å². The van der Waals surface area contributed by atoms with Crippen LogP contribution in [-0.4, -0.2) is 58.6 Å². The fraction of sp³-hybridized carbons (Fsp3) is 0.154. The smallest absolute Gasteiger partial charge is 0.338 e. The number of ether oxygens (including phenoxy) is 2. The van der Waals surface area contributed by atoms with E-state index in [0.717, 1.165) is 16.7 Å². The third kappa shape index (κ3) is 5.67. The quantitative estimate of drug-likeness (QED) is 0.254. The van der Waals surface area contributed by atoms with Crippen LogP contribution < -0.4 is 9.64 Å². The largest absolute Gasteiger partial charge is 0.497 e. The summed E-state index contributed by atoms with van der Waals surface area (Å²) in [5.41, 5.74) is 0.697. The number of rotatable bonds is 9. The summed E-state index contributed by atoms with van der Waals surface area (Å²) in [6, 6.07) is 14.9. The van der Waals surface area contributed by atoms with Crippen molar-refractivity contribution >= 4 is 47.0 Å². The Morgan fingerprint density at radius 2 is 1.70 bits per heavy atom. The van der Waals surface area contributed by atoms with Gasteiger partial charge in [0, 0.05) is 18.2 Å². The summed E-state index contributed by atoms with van der Waals surface area (Å²) in [7, 11) is 1.51. The number of esters is 1. The summed E-state index contributed by atoms with van der Waals surface area (Å²) in [5, 5.41) is 8.63. The Kier molecular flexibility index (Phi) is 7.63. The molecule has 188 valence electrons. The predicted octanol–water partition coefficient (Wildman–Crippen LogP) is 3.25. The van der Waals surface area contributed by atoms with Gasteiger partial charge in [-0.15, -0.1) is 0 Å². The fourth-order valence-electron chi connectivity index (χ4n) is 3.57. The molecule has 1 atom stereocenters. The average molecular weight is 521 g/mol. The summed E-state index contributed by atoms with van der Waals surface area (Å²) in [6.07, 6.45) is 1.28. The van der Waals surface area contributed by atoms with Gasteiger partial charge >= 0.3 is 11.9 Å². The molecular weight excluding hydrogens is 500 g/mol. The first-order chi connectivity index (χ1) is 17.8. The van der Waals surface area contributed by atoms with Crippen LogP contribution in [0.15, 0.2) is 71.9 Å². The summed E-state index contributed by atoms with van der Waals surface area (Å²) in [4.78, 5) is 66.6. The average Bonchev–Trinajstić information content (AvgIpc) is 3.19. The molecule has 3 aromatic rings. The molecule has 37 heavy (non-hydrogen) atoms. The van der Waals surface area contributed by atoms with Crippen molar-refractivity contribution in [2.24, 2.45) is 0 Å². The summed E-state index contributed by atoms with van der Waals surface area (Å²) < 4.78 is 10.1. The second-order valence-electron chi connectivity index (χ2n) is 7.81. The molecule has 1 fully saturated rings. The van der Waals surface area contributed by atoms with Crippen LogP contribution in [0.25, 0.3) is 0 Å². The number of thioether (sulfide) groups is 1. The fourth-order valence-corrected chi connectivity index (χ4v) is 4.68. The number of hydrogen-bond acceptors (Lipinski definition) is 9. The molecule has 2 amide bonds. The number of pyridine rings is 1. The molecule has 0 saturated carbocycles. The van der Waals surface area contributed by atoms with Gasteiger partial charge < -0.3 is 14.6 Å². The normalized spacial score (nSPS) is 14.9. The second-order valence-corrected chi connectivity index (χ2v) is 9.01. The Morgan fingerprint density at radius 3 is 2.35 bits per heavy atom. The van der Waals surface area contributed by atoms with E-state index in [1.807, 2.05) is 0 Å². The number of anilines is 1. The number of amides is 2. The summed E-state index contributed by atoms with van der Waals surface area (Å²) >= 11 is 0.917. The van der Waals surface area contributed by atoms with Crippen molar-refractivity contribution in [1.29, 1.82) is 0 Å². The SMILES string of the molecule is COc1ccc(C(=O)COC(=O)c2ccc(N3C(=O)CC(Sc4ncccc4C(=O)O)C3=O)cc2)cc1. The number of carbonyl (C=O) groups excluding carboxylic acids is 4. The zero-order valence-electron chi connectivity index (χ0n) is 19.5. The Morgan fingerprint density at radius 1 is 1.03 bits per heavy atom. The number of benzene rings is 2. The van der Waals surface area contributed by atoms with E-state index in [0.29, 0.717) is 11.3 Å². The number of carbonyl (C=O) groups is 5. The van der Waals surface area contributed by atoms with Crippen molar-refractivity contribution in [2.75, 3.05) is 18.6 Å². The molecule has 11 heteroatoms. The van der Waals surface area contributed by atoms with Gasteiger partial charge in [0.15, 0.2) is 12.4 Å². The number of aromatic carboxylic acids is 1. The first kappa shape index (κ1) is 25.6. The number of hydrogen-bond donors (Lipinski definition) is 1. The number of methoxy groups -OCH3 is 1. The van der Waals surface area contributed by atoms with E-state index >= 15 is 0 Å². The standard InChI is InChI=1S/C26H20N2O8S/c1-35-18-10-6-15(7-11-18)20(29)14-36-26(34)16-4-8-17(9-5-16)28-22(30)13-21(24(28)31)37-23-19(25(32)33)3-2-12-27-23/h2-12,21H,13-14H2,1H3,(H,32,33). The first-order valence-corrected chi connectivity index (χ1v) is 11.8. The zero-order chi connectivity index (χ0) is 26.5. The number of carboxylic acids is 1. The molecule has 1 saturated heterocycles. The van der Waals surface area contributed by atoms with Gasteiger partial charge in [-0.3, -0.25) is 14.4 Å². The van der Waals surface area contributed by atoms with Crippen molar-refractivity contribution in [3.8, 4) is 5.75 Å². The lowest BCUT2D eigenvalue weighted by molar-refractivity contribution is -0.121. The molecule has 1 unspecified atom stereocenters. The lowest BCUT2D eigenvalue weighted by Crippen LogP contribution is -2.31. The molecule has 10 nitrogen and oxygen atoms in total. The van der Waals surface area contributed by atoms with E-state index in [-0.39, 0.29) is 34.0 Å². The maximum Gasteiger partial charge on any atom is 0.338 e. The van der Waals surface area contributed by atoms with Gasteiger partial charge in [0.25, 0.3) is 0 Å². The van der Waals surface area contributed by atoms with Gasteiger partial charge in [-0.2, -0.15) is 0 Å². The minimum atomic E-state index is -1.18. The van der Waals surface area contributed by atoms with E-state index in [9.17, 15) is 29.1 Å². The van der Waals surface area contributed by atoms with Gasteiger partial charge in [0.2, 0.25) is 11.8 Å². The molecule has 1 aliphatic heterocycles. The van der Waals surface area contributed by atoms with Gasteiger partial charge in [-0.25, -0.2) is 19.5 Å². The van der Waals surface area contributed by atoms with E-state index in [1.54, 1.807) is 24.3 Å². The predicted molar refractivity (Wildman–Crippen MR) is 132 cm³/mol. The molecule has 0 bridgehead atoms. The summed E-state index contributed by atoms with van der Waals surface area (Å²) in [6.45, 7) is -0.458. The van der Waals surface area contributed by atoms with Crippen LogP contribution in [-0.2, 0) is 14.3 Å². The Hall–Kier alpha value is -4.51. The van der Waals surface area contributed by atoms with Gasteiger partial charge in [-0.1, -0.05) is 11.8 Å². The molecule has 4 rings (SSSR count). The van der Waals surface area contributed by atoms with Crippen molar-refractivity contribution in [2.45, 2.75) is 16.7 Å². The van der Waals surface area contributed by atoms with Gasteiger partial charge in [-0.05, 0) is 60.7 Å². The highest BCUT2D eigenvalue weighted by Gasteiger charge is 2.41. The van der Waals surface area contributed by atoms with Gasteiger partial charge in [0.1, 0.15) is 10.8 Å². The molecule has 1 N–H and O–H groups in total. The number of nitrogens with zero attached hydrogens (tertiary/aromatic N) is 2. The highest BCUT2D eigenvalue weighted by molar-refractivity contribution is 8.00. The summed E-state index contributed by atoms with van der Waals surface area (Å²) in [5.74, 6) is -2.69. The number of ketones is 1. The van der Waals surface area contributed by atoms with E-state index in [1.165, 1.54) is 49.7 Å². The maximum absolute atomic E-state index is 12.9. The van der Waals surface area contributed by atoms with Crippen molar-refractivity contribution in [3.63, 3.8) is 0 Å². The third-order valence-electron chi connectivity index (χ3n) is 5.47. The highest BCUT2D eigenvalue weighted by Crippen LogP contribution is 2.34. The number of carboxylic acid groups (broad SMARTS) is 1. The van der Waals surface area contributed by atoms with Crippen LogP contribution in [0.5, 0.6) is 5.75 Å². The third-order valence-corrected chi connectivity index (χ3v) is 6.67. The molecule has 2 heterocycles. The van der Waals surface area contributed by atoms with Gasteiger partial charge in [0.05, 0.1) is 29.2 Å². The van der Waals surface area contributed by atoms with E-state index in [2.05, 4.69) is 4.98 Å². The lowest BCUT2D eigenvalue weighted by atomic mass is 10.1. The van der Waals surface area contributed by atoms with Crippen LogP contribution in [0.4, 0.5) is 5.69 Å².